The van der Waals surface area contributed by atoms with Crippen LogP contribution < -0.4 is 16.2 Å². The van der Waals surface area contributed by atoms with Gasteiger partial charge >= 0.3 is 0 Å². The Hall–Kier alpha value is -1.06. The van der Waals surface area contributed by atoms with Gasteiger partial charge in [0.25, 0.3) is 0 Å². The zero-order valence-corrected chi connectivity index (χ0v) is 10.4. The number of hydrogen-bond acceptors (Lipinski definition) is 3. The maximum Gasteiger partial charge on any atom is 0.122 e. The molecule has 1 aromatic carbocycles. The van der Waals surface area contributed by atoms with Gasteiger partial charge in [-0.25, -0.2) is 0 Å². The predicted molar refractivity (Wildman–Crippen MR) is 67.7 cm³/mol. The number of ether oxygens (including phenoxy) is 1. The van der Waals surface area contributed by atoms with Crippen LogP contribution in [0.15, 0.2) is 18.2 Å². The fourth-order valence-corrected chi connectivity index (χ4v) is 1.67. The highest BCUT2D eigenvalue weighted by Crippen LogP contribution is 2.29. The van der Waals surface area contributed by atoms with Gasteiger partial charge in [-0.3, -0.25) is 0 Å². The first-order chi connectivity index (χ1) is 7.60. The molecule has 0 aliphatic carbocycles. The molecule has 0 aromatic heterocycles. The topological polar surface area (TPSA) is 61.3 Å². The van der Waals surface area contributed by atoms with Crippen molar-refractivity contribution in [2.24, 2.45) is 11.5 Å². The summed E-state index contributed by atoms with van der Waals surface area (Å²) in [5.41, 5.74) is 13.8. The minimum Gasteiger partial charge on any atom is -0.494 e. The zero-order valence-electron chi connectivity index (χ0n) is 10.4. The van der Waals surface area contributed by atoms with Crippen LogP contribution in [0.25, 0.3) is 0 Å². The first-order valence-electron chi connectivity index (χ1n) is 5.82. The molecule has 1 atom stereocenters. The summed E-state index contributed by atoms with van der Waals surface area (Å²) < 4.78 is 5.59. The van der Waals surface area contributed by atoms with Gasteiger partial charge in [0.1, 0.15) is 5.75 Å². The van der Waals surface area contributed by atoms with Gasteiger partial charge in [0, 0.05) is 12.6 Å². The average molecular weight is 222 g/mol. The summed E-state index contributed by atoms with van der Waals surface area (Å²) in [6.07, 6.45) is 0. The molecule has 0 aliphatic rings. The van der Waals surface area contributed by atoms with Gasteiger partial charge < -0.3 is 16.2 Å². The lowest BCUT2D eigenvalue weighted by atomic mass is 9.97. The Morgan fingerprint density at radius 2 is 2.00 bits per heavy atom. The lowest BCUT2D eigenvalue weighted by Gasteiger charge is -2.17. The van der Waals surface area contributed by atoms with Crippen LogP contribution in [0.2, 0.25) is 0 Å². The standard InChI is InChI=1S/C13H22N2O/c1-4-16-13-6-5-10(12(15)8-14)7-11(13)9(2)3/h5-7,9,12H,4,8,14-15H2,1-3H3. The fraction of sp³-hybridized carbons (Fsp3) is 0.538. The highest BCUT2D eigenvalue weighted by molar-refractivity contribution is 5.40. The maximum atomic E-state index is 5.92. The zero-order chi connectivity index (χ0) is 12.1. The molecule has 0 heterocycles. The van der Waals surface area contributed by atoms with Gasteiger partial charge in [-0.05, 0) is 30.0 Å². The lowest BCUT2D eigenvalue weighted by molar-refractivity contribution is 0.335. The summed E-state index contributed by atoms with van der Waals surface area (Å²) >= 11 is 0. The van der Waals surface area contributed by atoms with Gasteiger partial charge in [-0.15, -0.1) is 0 Å². The highest BCUT2D eigenvalue weighted by Gasteiger charge is 2.11. The van der Waals surface area contributed by atoms with Crippen molar-refractivity contribution in [3.8, 4) is 5.75 Å². The number of rotatable bonds is 5. The van der Waals surface area contributed by atoms with Crippen molar-refractivity contribution >= 4 is 0 Å². The van der Waals surface area contributed by atoms with Crippen LogP contribution in [0.1, 0.15) is 43.9 Å². The van der Waals surface area contributed by atoms with Crippen LogP contribution in [0.4, 0.5) is 0 Å². The van der Waals surface area contributed by atoms with Crippen LogP contribution in [0.3, 0.4) is 0 Å². The third kappa shape index (κ3) is 2.97. The summed E-state index contributed by atoms with van der Waals surface area (Å²) in [7, 11) is 0. The third-order valence-electron chi connectivity index (χ3n) is 2.64. The molecule has 0 saturated heterocycles. The molecule has 1 unspecified atom stereocenters. The van der Waals surface area contributed by atoms with Crippen molar-refractivity contribution in [2.45, 2.75) is 32.7 Å². The van der Waals surface area contributed by atoms with Gasteiger partial charge in [0.15, 0.2) is 0 Å². The monoisotopic (exact) mass is 222 g/mol. The van der Waals surface area contributed by atoms with Crippen LogP contribution in [0, 0.1) is 0 Å². The molecule has 0 amide bonds. The Kier molecular flexibility index (Phi) is 4.77. The smallest absolute Gasteiger partial charge is 0.122 e. The van der Waals surface area contributed by atoms with E-state index < -0.39 is 0 Å². The molecule has 3 heteroatoms. The molecule has 0 aliphatic heterocycles. The summed E-state index contributed by atoms with van der Waals surface area (Å²) in [5.74, 6) is 1.37. The molecule has 0 radical (unpaired) electrons. The van der Waals surface area contributed by atoms with Gasteiger partial charge in [-0.2, -0.15) is 0 Å². The minimum atomic E-state index is -0.0897. The van der Waals surface area contributed by atoms with E-state index in [0.29, 0.717) is 19.1 Å². The molecule has 0 bridgehead atoms. The second-order valence-electron chi connectivity index (χ2n) is 4.23. The van der Waals surface area contributed by atoms with Crippen molar-refractivity contribution in [3.63, 3.8) is 0 Å². The van der Waals surface area contributed by atoms with Crippen molar-refractivity contribution in [1.29, 1.82) is 0 Å². The van der Waals surface area contributed by atoms with Crippen molar-refractivity contribution in [1.82, 2.24) is 0 Å². The minimum absolute atomic E-state index is 0.0897. The van der Waals surface area contributed by atoms with E-state index in [4.69, 9.17) is 16.2 Å². The predicted octanol–water partition coefficient (Wildman–Crippen LogP) is 2.17. The SMILES string of the molecule is CCOc1ccc(C(N)CN)cc1C(C)C. The first kappa shape index (κ1) is 13.0. The molecular formula is C13H22N2O. The molecule has 16 heavy (non-hydrogen) atoms. The van der Waals surface area contributed by atoms with E-state index in [1.165, 1.54) is 5.56 Å². The van der Waals surface area contributed by atoms with E-state index in [1.807, 2.05) is 19.1 Å². The van der Waals surface area contributed by atoms with E-state index in [1.54, 1.807) is 0 Å². The molecule has 0 fully saturated rings. The normalized spacial score (nSPS) is 12.9. The quantitative estimate of drug-likeness (QED) is 0.802. The summed E-state index contributed by atoms with van der Waals surface area (Å²) in [6, 6.07) is 6.00. The average Bonchev–Trinajstić information content (AvgIpc) is 2.28. The molecule has 3 nitrogen and oxygen atoms in total. The Morgan fingerprint density at radius 1 is 1.31 bits per heavy atom. The third-order valence-corrected chi connectivity index (χ3v) is 2.64. The number of nitrogens with two attached hydrogens (primary N) is 2. The largest absolute Gasteiger partial charge is 0.494 e. The molecule has 4 N–H and O–H groups in total. The van der Waals surface area contributed by atoms with Crippen molar-refractivity contribution in [3.05, 3.63) is 29.3 Å². The molecule has 0 saturated carbocycles. The number of hydrogen-bond donors (Lipinski definition) is 2. The van der Waals surface area contributed by atoms with E-state index in [-0.39, 0.29) is 6.04 Å². The molecule has 1 aromatic rings. The van der Waals surface area contributed by atoms with E-state index in [0.717, 1.165) is 11.3 Å². The van der Waals surface area contributed by atoms with Crippen LogP contribution in [-0.4, -0.2) is 13.2 Å². The molecule has 0 spiro atoms. The Morgan fingerprint density at radius 3 is 2.50 bits per heavy atom. The Balaban J connectivity index is 3.07. The van der Waals surface area contributed by atoms with Gasteiger partial charge in [0.05, 0.1) is 6.61 Å². The second-order valence-corrected chi connectivity index (χ2v) is 4.23. The molecular weight excluding hydrogens is 200 g/mol. The highest BCUT2D eigenvalue weighted by atomic mass is 16.5. The van der Waals surface area contributed by atoms with E-state index >= 15 is 0 Å². The molecule has 90 valence electrons. The van der Waals surface area contributed by atoms with Gasteiger partial charge in [0.2, 0.25) is 0 Å². The Bertz CT molecular complexity index is 337. The fourth-order valence-electron chi connectivity index (χ4n) is 1.67. The van der Waals surface area contributed by atoms with Crippen molar-refractivity contribution in [2.75, 3.05) is 13.2 Å². The summed E-state index contributed by atoms with van der Waals surface area (Å²) in [6.45, 7) is 7.43. The lowest BCUT2D eigenvalue weighted by Crippen LogP contribution is -2.21. The van der Waals surface area contributed by atoms with Gasteiger partial charge in [-0.1, -0.05) is 26.0 Å². The van der Waals surface area contributed by atoms with Crippen LogP contribution in [-0.2, 0) is 0 Å². The molecule has 1 rings (SSSR count). The van der Waals surface area contributed by atoms with E-state index in [9.17, 15) is 0 Å². The van der Waals surface area contributed by atoms with Crippen LogP contribution in [0.5, 0.6) is 5.75 Å². The second kappa shape index (κ2) is 5.87. The summed E-state index contributed by atoms with van der Waals surface area (Å²) in [4.78, 5) is 0. The van der Waals surface area contributed by atoms with E-state index in [2.05, 4.69) is 19.9 Å². The maximum absolute atomic E-state index is 5.92. The first-order valence-corrected chi connectivity index (χ1v) is 5.82. The Labute approximate surface area is 97.8 Å². The summed E-state index contributed by atoms with van der Waals surface area (Å²) in [5, 5.41) is 0. The number of benzene rings is 1. The van der Waals surface area contributed by atoms with Crippen LogP contribution >= 0.6 is 0 Å². The van der Waals surface area contributed by atoms with Crippen molar-refractivity contribution < 1.29 is 4.74 Å².